The van der Waals surface area contributed by atoms with Crippen LogP contribution in [0.5, 0.6) is 0 Å². The third-order valence-electron chi connectivity index (χ3n) is 3.71. The number of hydrogen-bond donors (Lipinski definition) is 2. The first-order valence-corrected chi connectivity index (χ1v) is 7.74. The topological polar surface area (TPSA) is 35.5 Å². The average molecular weight is 256 g/mol. The fourth-order valence-electron chi connectivity index (χ4n) is 2.39. The van der Waals surface area contributed by atoms with Crippen LogP contribution in [-0.4, -0.2) is 47.8 Å². The van der Waals surface area contributed by atoms with Gasteiger partial charge >= 0.3 is 0 Å². The maximum Gasteiger partial charge on any atom is 0.0623 e. The second-order valence-electron chi connectivity index (χ2n) is 6.12. The van der Waals surface area contributed by atoms with E-state index in [0.29, 0.717) is 6.04 Å². The van der Waals surface area contributed by atoms with Crippen LogP contribution in [0.15, 0.2) is 0 Å². The molecule has 1 aliphatic carbocycles. The van der Waals surface area contributed by atoms with Crippen molar-refractivity contribution in [2.75, 3.05) is 26.2 Å². The van der Waals surface area contributed by atoms with E-state index in [9.17, 15) is 5.11 Å². The SMILES string of the molecule is CCCCN(CCCC)CC(C)(CO)NC1CC1. The molecule has 0 aromatic rings. The van der Waals surface area contributed by atoms with Gasteiger partial charge in [-0.25, -0.2) is 0 Å². The minimum absolute atomic E-state index is 0.122. The number of aliphatic hydroxyl groups is 1. The van der Waals surface area contributed by atoms with Crippen LogP contribution >= 0.6 is 0 Å². The van der Waals surface area contributed by atoms with E-state index in [-0.39, 0.29) is 12.1 Å². The van der Waals surface area contributed by atoms with Gasteiger partial charge in [0, 0.05) is 12.6 Å². The van der Waals surface area contributed by atoms with Crippen molar-refractivity contribution in [3.8, 4) is 0 Å². The molecule has 0 aliphatic heterocycles. The van der Waals surface area contributed by atoms with Crippen LogP contribution in [0.3, 0.4) is 0 Å². The predicted octanol–water partition coefficient (Wildman–Crippen LogP) is 2.39. The summed E-state index contributed by atoms with van der Waals surface area (Å²) >= 11 is 0. The normalized spacial score (nSPS) is 19.2. The van der Waals surface area contributed by atoms with Crippen molar-refractivity contribution < 1.29 is 5.11 Å². The van der Waals surface area contributed by atoms with Gasteiger partial charge < -0.3 is 15.3 Å². The Morgan fingerprint density at radius 3 is 2.11 bits per heavy atom. The first kappa shape index (κ1) is 15.9. The maximum atomic E-state index is 9.67. The smallest absolute Gasteiger partial charge is 0.0623 e. The predicted molar refractivity (Wildman–Crippen MR) is 77.9 cm³/mol. The molecule has 0 amide bonds. The summed E-state index contributed by atoms with van der Waals surface area (Å²) < 4.78 is 0. The van der Waals surface area contributed by atoms with Gasteiger partial charge in [0.25, 0.3) is 0 Å². The molecule has 1 atom stereocenters. The quantitative estimate of drug-likeness (QED) is 0.596. The Kier molecular flexibility index (Phi) is 7.20. The van der Waals surface area contributed by atoms with E-state index in [2.05, 4.69) is 31.0 Å². The minimum Gasteiger partial charge on any atom is -0.394 e. The highest BCUT2D eigenvalue weighted by Gasteiger charge is 2.33. The van der Waals surface area contributed by atoms with Crippen LogP contribution in [0.1, 0.15) is 59.3 Å². The summed E-state index contributed by atoms with van der Waals surface area (Å²) in [6, 6.07) is 0.654. The fraction of sp³-hybridized carbons (Fsp3) is 1.00. The monoisotopic (exact) mass is 256 g/mol. The molecule has 0 aromatic carbocycles. The number of aliphatic hydroxyl groups excluding tert-OH is 1. The zero-order valence-corrected chi connectivity index (χ0v) is 12.5. The molecule has 0 bridgehead atoms. The van der Waals surface area contributed by atoms with Crippen LogP contribution in [0.25, 0.3) is 0 Å². The molecule has 0 spiro atoms. The lowest BCUT2D eigenvalue weighted by atomic mass is 10.0. The fourth-order valence-corrected chi connectivity index (χ4v) is 2.39. The second-order valence-corrected chi connectivity index (χ2v) is 6.12. The van der Waals surface area contributed by atoms with Gasteiger partial charge in [0.2, 0.25) is 0 Å². The molecule has 0 saturated heterocycles. The van der Waals surface area contributed by atoms with Crippen molar-refractivity contribution in [1.82, 2.24) is 10.2 Å². The molecule has 1 saturated carbocycles. The van der Waals surface area contributed by atoms with E-state index in [1.807, 2.05) is 0 Å². The average Bonchev–Trinajstić information content (AvgIpc) is 3.16. The van der Waals surface area contributed by atoms with Crippen LogP contribution in [0, 0.1) is 0 Å². The zero-order chi connectivity index (χ0) is 13.4. The zero-order valence-electron chi connectivity index (χ0n) is 12.5. The lowest BCUT2D eigenvalue weighted by molar-refractivity contribution is 0.116. The molecule has 1 unspecified atom stereocenters. The summed E-state index contributed by atoms with van der Waals surface area (Å²) in [5, 5.41) is 13.3. The molecular formula is C15H32N2O. The molecule has 1 rings (SSSR count). The Hall–Kier alpha value is -0.120. The van der Waals surface area contributed by atoms with Gasteiger partial charge in [-0.1, -0.05) is 26.7 Å². The standard InChI is InChI=1S/C15H32N2O/c1-4-6-10-17(11-7-5-2)12-15(3,13-18)16-14-8-9-14/h14,16,18H,4-13H2,1-3H3. The van der Waals surface area contributed by atoms with Crippen LogP contribution in [0.2, 0.25) is 0 Å². The molecular weight excluding hydrogens is 224 g/mol. The van der Waals surface area contributed by atoms with Crippen LogP contribution in [0.4, 0.5) is 0 Å². The van der Waals surface area contributed by atoms with Crippen molar-refractivity contribution >= 4 is 0 Å². The summed E-state index contributed by atoms with van der Waals surface area (Å²) in [4.78, 5) is 2.53. The largest absolute Gasteiger partial charge is 0.394 e. The highest BCUT2D eigenvalue weighted by Crippen LogP contribution is 2.23. The van der Waals surface area contributed by atoms with Crippen molar-refractivity contribution in [2.24, 2.45) is 0 Å². The molecule has 1 fully saturated rings. The number of nitrogens with one attached hydrogen (secondary N) is 1. The summed E-state index contributed by atoms with van der Waals surface area (Å²) in [5.41, 5.74) is -0.122. The molecule has 3 nitrogen and oxygen atoms in total. The van der Waals surface area contributed by atoms with E-state index in [1.165, 1.54) is 51.6 Å². The van der Waals surface area contributed by atoms with E-state index >= 15 is 0 Å². The molecule has 0 radical (unpaired) electrons. The summed E-state index contributed by atoms with van der Waals surface area (Å²) in [6.07, 6.45) is 7.56. The van der Waals surface area contributed by atoms with Crippen molar-refractivity contribution in [3.05, 3.63) is 0 Å². The number of unbranched alkanes of at least 4 members (excludes halogenated alkanes) is 2. The van der Waals surface area contributed by atoms with E-state index in [0.717, 1.165) is 6.54 Å². The second kappa shape index (κ2) is 8.13. The van der Waals surface area contributed by atoms with Gasteiger partial charge in [-0.3, -0.25) is 0 Å². The van der Waals surface area contributed by atoms with Gasteiger partial charge in [0.05, 0.1) is 12.1 Å². The lowest BCUT2D eigenvalue weighted by Crippen LogP contribution is -2.55. The first-order valence-electron chi connectivity index (χ1n) is 7.74. The molecule has 18 heavy (non-hydrogen) atoms. The van der Waals surface area contributed by atoms with E-state index in [4.69, 9.17) is 0 Å². The molecule has 0 aromatic heterocycles. The molecule has 108 valence electrons. The highest BCUT2D eigenvalue weighted by molar-refractivity contribution is 4.94. The Labute approximate surface area is 113 Å². The van der Waals surface area contributed by atoms with E-state index in [1.54, 1.807) is 0 Å². The van der Waals surface area contributed by atoms with Gasteiger partial charge in [-0.2, -0.15) is 0 Å². The molecule has 3 heteroatoms. The number of hydrogen-bond acceptors (Lipinski definition) is 3. The Morgan fingerprint density at radius 2 is 1.72 bits per heavy atom. The third kappa shape index (κ3) is 6.17. The van der Waals surface area contributed by atoms with Gasteiger partial charge in [0.15, 0.2) is 0 Å². The van der Waals surface area contributed by atoms with Crippen LogP contribution in [-0.2, 0) is 0 Å². The van der Waals surface area contributed by atoms with Gasteiger partial charge in [-0.15, -0.1) is 0 Å². The van der Waals surface area contributed by atoms with Gasteiger partial charge in [0.1, 0.15) is 0 Å². The summed E-state index contributed by atoms with van der Waals surface area (Å²) in [5.74, 6) is 0. The molecule has 1 aliphatic rings. The first-order chi connectivity index (χ1) is 8.63. The maximum absolute atomic E-state index is 9.67. The summed E-state index contributed by atoms with van der Waals surface area (Å²) in [7, 11) is 0. The number of rotatable bonds is 11. The summed E-state index contributed by atoms with van der Waals surface area (Å²) in [6.45, 7) is 10.2. The number of nitrogens with zero attached hydrogens (tertiary/aromatic N) is 1. The lowest BCUT2D eigenvalue weighted by Gasteiger charge is -2.35. The Morgan fingerprint density at radius 1 is 1.17 bits per heavy atom. The van der Waals surface area contributed by atoms with Gasteiger partial charge in [-0.05, 0) is 45.7 Å². The highest BCUT2D eigenvalue weighted by atomic mass is 16.3. The molecule has 2 N–H and O–H groups in total. The van der Waals surface area contributed by atoms with Crippen molar-refractivity contribution in [1.29, 1.82) is 0 Å². The molecule has 0 heterocycles. The van der Waals surface area contributed by atoms with Crippen LogP contribution < -0.4 is 5.32 Å². The van der Waals surface area contributed by atoms with Crippen molar-refractivity contribution in [3.63, 3.8) is 0 Å². The Balaban J connectivity index is 2.42. The van der Waals surface area contributed by atoms with E-state index < -0.39 is 0 Å². The Bertz CT molecular complexity index is 211. The minimum atomic E-state index is -0.122. The third-order valence-corrected chi connectivity index (χ3v) is 3.71. The van der Waals surface area contributed by atoms with Crippen molar-refractivity contribution in [2.45, 2.75) is 70.9 Å².